The third-order valence-corrected chi connectivity index (χ3v) is 6.63. The molecule has 0 saturated heterocycles. The van der Waals surface area contributed by atoms with E-state index in [4.69, 9.17) is 5.73 Å². The van der Waals surface area contributed by atoms with Gasteiger partial charge in [0.2, 0.25) is 10.0 Å². The molecule has 0 heterocycles. The Bertz CT molecular complexity index is 515. The average Bonchev–Trinajstić information content (AvgIpc) is 2.46. The Kier molecular flexibility index (Phi) is 7.56. The van der Waals surface area contributed by atoms with Crippen LogP contribution >= 0.6 is 11.8 Å². The second-order valence-electron chi connectivity index (χ2n) is 5.20. The molecule has 0 saturated carbocycles. The highest BCUT2D eigenvalue weighted by atomic mass is 32.2. The Balaban J connectivity index is 2.52. The van der Waals surface area contributed by atoms with Crippen LogP contribution in [-0.4, -0.2) is 37.3 Å². The van der Waals surface area contributed by atoms with E-state index >= 15 is 0 Å². The summed E-state index contributed by atoms with van der Waals surface area (Å²) in [6, 6.07) is 7.50. The van der Waals surface area contributed by atoms with Crippen LogP contribution in [-0.2, 0) is 10.0 Å². The molecule has 1 rings (SSSR count). The summed E-state index contributed by atoms with van der Waals surface area (Å²) < 4.78 is 26.3. The number of benzene rings is 1. The predicted octanol–water partition coefficient (Wildman–Crippen LogP) is 3.06. The first kappa shape index (κ1) is 18.3. The number of nitrogen functional groups attached to an aromatic ring is 1. The van der Waals surface area contributed by atoms with Crippen molar-refractivity contribution in [2.45, 2.75) is 32.1 Å². The first-order valence-electron chi connectivity index (χ1n) is 7.35. The Morgan fingerprint density at radius 3 is 2.38 bits per heavy atom. The summed E-state index contributed by atoms with van der Waals surface area (Å²) in [5.74, 6) is 1.12. The van der Waals surface area contributed by atoms with Crippen LogP contribution in [0.15, 0.2) is 29.2 Å². The first-order valence-corrected chi connectivity index (χ1v) is 9.94. The van der Waals surface area contributed by atoms with E-state index in [1.807, 2.05) is 31.2 Å². The topological polar surface area (TPSA) is 63.4 Å². The Morgan fingerprint density at radius 1 is 1.24 bits per heavy atom. The van der Waals surface area contributed by atoms with Gasteiger partial charge in [0.1, 0.15) is 0 Å². The summed E-state index contributed by atoms with van der Waals surface area (Å²) in [4.78, 5) is 1.05. The lowest BCUT2D eigenvalue weighted by atomic mass is 10.1. The largest absolute Gasteiger partial charge is 0.399 e. The summed E-state index contributed by atoms with van der Waals surface area (Å²) in [7, 11) is -3.17. The van der Waals surface area contributed by atoms with Gasteiger partial charge in [-0.1, -0.05) is 27.2 Å². The van der Waals surface area contributed by atoms with E-state index in [-0.39, 0.29) is 5.75 Å². The van der Waals surface area contributed by atoms with Crippen molar-refractivity contribution in [1.82, 2.24) is 4.31 Å². The molecule has 2 N–H and O–H groups in total. The average molecular weight is 331 g/mol. The van der Waals surface area contributed by atoms with Gasteiger partial charge in [0.05, 0.1) is 5.75 Å². The number of anilines is 1. The molecule has 4 nitrogen and oxygen atoms in total. The van der Waals surface area contributed by atoms with Crippen LogP contribution in [0.25, 0.3) is 0 Å². The fourth-order valence-electron chi connectivity index (χ4n) is 1.87. The highest BCUT2D eigenvalue weighted by molar-refractivity contribution is 8.00. The number of rotatable bonds is 9. The maximum absolute atomic E-state index is 12.4. The number of hydrogen-bond acceptors (Lipinski definition) is 4. The summed E-state index contributed by atoms with van der Waals surface area (Å²) >= 11 is 1.55. The third kappa shape index (κ3) is 6.28. The lowest BCUT2D eigenvalue weighted by Crippen LogP contribution is -2.36. The SMILES string of the molecule is CCC(C)CN(CC)S(=O)(=O)CCSc1ccc(N)cc1. The fraction of sp³-hybridized carbons (Fsp3) is 0.600. The van der Waals surface area contributed by atoms with Gasteiger partial charge in [-0.3, -0.25) is 0 Å². The van der Waals surface area contributed by atoms with E-state index in [0.29, 0.717) is 24.8 Å². The van der Waals surface area contributed by atoms with Gasteiger partial charge in [0.15, 0.2) is 0 Å². The van der Waals surface area contributed by atoms with Gasteiger partial charge in [-0.05, 0) is 30.2 Å². The molecule has 120 valence electrons. The Labute approximate surface area is 133 Å². The van der Waals surface area contributed by atoms with E-state index in [2.05, 4.69) is 13.8 Å². The molecule has 0 radical (unpaired) electrons. The first-order chi connectivity index (χ1) is 9.89. The normalized spacial score (nSPS) is 13.5. The minimum Gasteiger partial charge on any atom is -0.399 e. The van der Waals surface area contributed by atoms with Crippen molar-refractivity contribution >= 4 is 27.5 Å². The van der Waals surface area contributed by atoms with Gasteiger partial charge in [-0.25, -0.2) is 12.7 Å². The number of nitrogens with two attached hydrogens (primary N) is 1. The van der Waals surface area contributed by atoms with Crippen molar-refractivity contribution in [3.05, 3.63) is 24.3 Å². The molecule has 0 aliphatic rings. The van der Waals surface area contributed by atoms with Gasteiger partial charge >= 0.3 is 0 Å². The Hall–Kier alpha value is -0.720. The monoisotopic (exact) mass is 330 g/mol. The fourth-order valence-corrected chi connectivity index (χ4v) is 4.75. The van der Waals surface area contributed by atoms with Crippen molar-refractivity contribution in [3.8, 4) is 0 Å². The van der Waals surface area contributed by atoms with E-state index < -0.39 is 10.0 Å². The quantitative estimate of drug-likeness (QED) is 0.558. The molecule has 1 aromatic rings. The number of hydrogen-bond donors (Lipinski definition) is 1. The van der Waals surface area contributed by atoms with Crippen molar-refractivity contribution < 1.29 is 8.42 Å². The highest BCUT2D eigenvalue weighted by Gasteiger charge is 2.21. The maximum Gasteiger partial charge on any atom is 0.214 e. The molecular weight excluding hydrogens is 304 g/mol. The molecule has 0 aromatic heterocycles. The van der Waals surface area contributed by atoms with E-state index in [1.54, 1.807) is 16.1 Å². The maximum atomic E-state index is 12.4. The van der Waals surface area contributed by atoms with Crippen LogP contribution in [0.2, 0.25) is 0 Å². The van der Waals surface area contributed by atoms with Gasteiger partial charge in [0.25, 0.3) is 0 Å². The van der Waals surface area contributed by atoms with Crippen LogP contribution in [0.3, 0.4) is 0 Å². The summed E-state index contributed by atoms with van der Waals surface area (Å²) in [5, 5.41) is 0. The zero-order chi connectivity index (χ0) is 15.9. The summed E-state index contributed by atoms with van der Waals surface area (Å²) in [5.41, 5.74) is 6.35. The molecule has 1 unspecified atom stereocenters. The smallest absolute Gasteiger partial charge is 0.214 e. The minimum atomic E-state index is -3.17. The molecule has 0 fully saturated rings. The number of sulfonamides is 1. The molecule has 21 heavy (non-hydrogen) atoms. The number of thioether (sulfide) groups is 1. The highest BCUT2D eigenvalue weighted by Crippen LogP contribution is 2.20. The zero-order valence-corrected chi connectivity index (χ0v) is 14.7. The number of nitrogens with zero attached hydrogens (tertiary/aromatic N) is 1. The van der Waals surface area contributed by atoms with Crippen LogP contribution in [0.4, 0.5) is 5.69 Å². The van der Waals surface area contributed by atoms with Crippen LogP contribution < -0.4 is 5.73 Å². The second-order valence-corrected chi connectivity index (χ2v) is 8.45. The van der Waals surface area contributed by atoms with Crippen LogP contribution in [0, 0.1) is 5.92 Å². The lowest BCUT2D eigenvalue weighted by Gasteiger charge is -2.23. The lowest BCUT2D eigenvalue weighted by molar-refractivity contribution is 0.362. The third-order valence-electron chi connectivity index (χ3n) is 3.45. The second kappa shape index (κ2) is 8.66. The molecule has 1 aromatic carbocycles. The Morgan fingerprint density at radius 2 is 1.86 bits per heavy atom. The zero-order valence-electron chi connectivity index (χ0n) is 13.1. The van der Waals surface area contributed by atoms with Crippen molar-refractivity contribution in [2.24, 2.45) is 5.92 Å². The van der Waals surface area contributed by atoms with Crippen LogP contribution in [0.1, 0.15) is 27.2 Å². The van der Waals surface area contributed by atoms with Crippen molar-refractivity contribution in [1.29, 1.82) is 0 Å². The molecule has 6 heteroatoms. The molecule has 0 aliphatic heterocycles. The summed E-state index contributed by atoms with van der Waals surface area (Å²) in [6.07, 6.45) is 0.992. The van der Waals surface area contributed by atoms with Crippen molar-refractivity contribution in [2.75, 3.05) is 30.3 Å². The van der Waals surface area contributed by atoms with E-state index in [0.717, 1.165) is 17.0 Å². The van der Waals surface area contributed by atoms with Gasteiger partial charge in [-0.2, -0.15) is 0 Å². The molecule has 0 aliphatic carbocycles. The van der Waals surface area contributed by atoms with Gasteiger partial charge < -0.3 is 5.73 Å². The minimum absolute atomic E-state index is 0.173. The molecular formula is C15H26N2O2S2. The molecule has 0 amide bonds. The van der Waals surface area contributed by atoms with Crippen molar-refractivity contribution in [3.63, 3.8) is 0 Å². The molecule has 1 atom stereocenters. The summed E-state index contributed by atoms with van der Waals surface area (Å²) in [6.45, 7) is 7.22. The molecule has 0 bridgehead atoms. The van der Waals surface area contributed by atoms with E-state index in [1.165, 1.54) is 0 Å². The van der Waals surface area contributed by atoms with Gasteiger partial charge in [0, 0.05) is 29.4 Å². The standard InChI is InChI=1S/C15H26N2O2S2/c1-4-13(3)12-17(5-2)21(18,19)11-10-20-15-8-6-14(16)7-9-15/h6-9,13H,4-5,10-12,16H2,1-3H3. The van der Waals surface area contributed by atoms with E-state index in [9.17, 15) is 8.42 Å². The van der Waals surface area contributed by atoms with Crippen LogP contribution in [0.5, 0.6) is 0 Å². The predicted molar refractivity (Wildman–Crippen MR) is 92.1 cm³/mol. The van der Waals surface area contributed by atoms with Gasteiger partial charge in [-0.15, -0.1) is 11.8 Å². The molecule has 0 spiro atoms.